The van der Waals surface area contributed by atoms with Crippen LogP contribution < -0.4 is 0 Å². The molecule has 0 atom stereocenters. The predicted octanol–water partition coefficient (Wildman–Crippen LogP) is 5.10. The van der Waals surface area contributed by atoms with Crippen molar-refractivity contribution in [3.8, 4) is 11.3 Å². The number of aliphatic imine (C=N–C) groups is 1. The van der Waals surface area contributed by atoms with Crippen LogP contribution in [0.3, 0.4) is 0 Å². The maximum Gasteiger partial charge on any atom is 0.254 e. The van der Waals surface area contributed by atoms with Crippen LogP contribution in [0.4, 0.5) is 5.69 Å². The van der Waals surface area contributed by atoms with Gasteiger partial charge < -0.3 is 14.5 Å². The number of aryl methyl sites for hydroxylation is 2. The van der Waals surface area contributed by atoms with Gasteiger partial charge in [-0.05, 0) is 55.7 Å². The number of benzene rings is 2. The lowest BCUT2D eigenvalue weighted by Crippen LogP contribution is -2.40. The van der Waals surface area contributed by atoms with Crippen LogP contribution in [0.15, 0.2) is 46.8 Å². The van der Waals surface area contributed by atoms with Gasteiger partial charge in [-0.25, -0.2) is 9.98 Å². The number of rotatable bonds is 7. The first-order chi connectivity index (χ1) is 16.4. The Morgan fingerprint density at radius 1 is 1.18 bits per heavy atom. The van der Waals surface area contributed by atoms with Crippen molar-refractivity contribution in [1.82, 2.24) is 14.8 Å². The van der Waals surface area contributed by atoms with E-state index in [1.165, 1.54) is 16.7 Å². The molecule has 178 valence electrons. The number of ether oxygens (including phenoxy) is 1. The molecular weight excluding hydrogens is 444 g/mol. The molecule has 1 saturated heterocycles. The fraction of sp³-hybridized carbons (Fsp3) is 0.370. The Morgan fingerprint density at radius 2 is 1.91 bits per heavy atom. The minimum absolute atomic E-state index is 0.0637. The summed E-state index contributed by atoms with van der Waals surface area (Å²) >= 11 is 1.67. The lowest BCUT2D eigenvalue weighted by atomic mass is 10.0. The zero-order valence-electron chi connectivity index (χ0n) is 20.4. The minimum atomic E-state index is 0.0637. The molecule has 2 heterocycles. The SMILES string of the molecule is CCN(C)/C=N/c1cc(C)c(Cc2nc(-c3ccc(C(=O)N4CCOCC4)cc3)cs2)cc1C. The lowest BCUT2D eigenvalue weighted by molar-refractivity contribution is 0.0303. The molecule has 0 spiro atoms. The zero-order valence-corrected chi connectivity index (χ0v) is 21.2. The van der Waals surface area contributed by atoms with E-state index in [-0.39, 0.29) is 5.91 Å². The number of carbonyl (C=O) groups excluding carboxylic acids is 1. The van der Waals surface area contributed by atoms with E-state index in [0.717, 1.165) is 34.9 Å². The summed E-state index contributed by atoms with van der Waals surface area (Å²) in [7, 11) is 2.02. The van der Waals surface area contributed by atoms with Gasteiger partial charge in [0.1, 0.15) is 0 Å². The number of morpholine rings is 1. The van der Waals surface area contributed by atoms with Crippen molar-refractivity contribution < 1.29 is 9.53 Å². The Morgan fingerprint density at radius 3 is 2.62 bits per heavy atom. The van der Waals surface area contributed by atoms with Gasteiger partial charge in [0.05, 0.1) is 35.9 Å². The van der Waals surface area contributed by atoms with Crippen LogP contribution in [0.25, 0.3) is 11.3 Å². The molecule has 34 heavy (non-hydrogen) atoms. The minimum Gasteiger partial charge on any atom is -0.378 e. The fourth-order valence-electron chi connectivity index (χ4n) is 3.85. The normalized spacial score (nSPS) is 14.1. The molecule has 4 rings (SSSR count). The van der Waals surface area contributed by atoms with Crippen LogP contribution in [0.2, 0.25) is 0 Å². The largest absolute Gasteiger partial charge is 0.378 e. The fourth-order valence-corrected chi connectivity index (χ4v) is 4.68. The van der Waals surface area contributed by atoms with Gasteiger partial charge in [-0.2, -0.15) is 0 Å². The van der Waals surface area contributed by atoms with Crippen molar-refractivity contribution >= 4 is 29.3 Å². The van der Waals surface area contributed by atoms with Gasteiger partial charge >= 0.3 is 0 Å². The molecule has 0 radical (unpaired) electrons. The van der Waals surface area contributed by atoms with E-state index in [4.69, 9.17) is 9.72 Å². The Kier molecular flexibility index (Phi) is 7.75. The quantitative estimate of drug-likeness (QED) is 0.352. The highest BCUT2D eigenvalue weighted by Gasteiger charge is 2.18. The molecule has 0 bridgehead atoms. The Labute approximate surface area is 205 Å². The van der Waals surface area contributed by atoms with E-state index in [1.807, 2.05) is 42.6 Å². The van der Waals surface area contributed by atoms with E-state index in [9.17, 15) is 4.79 Å². The number of amides is 1. The van der Waals surface area contributed by atoms with Gasteiger partial charge in [0.2, 0.25) is 0 Å². The second kappa shape index (κ2) is 10.9. The summed E-state index contributed by atoms with van der Waals surface area (Å²) in [5.41, 5.74) is 7.35. The first-order valence-corrected chi connectivity index (χ1v) is 12.6. The van der Waals surface area contributed by atoms with Gasteiger partial charge in [-0.15, -0.1) is 11.3 Å². The molecule has 0 saturated carbocycles. The van der Waals surface area contributed by atoms with Crippen LogP contribution in [-0.2, 0) is 11.2 Å². The molecule has 1 fully saturated rings. The molecule has 3 aromatic rings. The highest BCUT2D eigenvalue weighted by molar-refractivity contribution is 7.10. The average Bonchev–Trinajstić information content (AvgIpc) is 3.33. The smallest absolute Gasteiger partial charge is 0.254 e. The van der Waals surface area contributed by atoms with E-state index >= 15 is 0 Å². The third-order valence-corrected chi connectivity index (χ3v) is 7.02. The maximum absolute atomic E-state index is 12.7. The van der Waals surface area contributed by atoms with Gasteiger partial charge in [-0.1, -0.05) is 18.2 Å². The van der Waals surface area contributed by atoms with Crippen molar-refractivity contribution in [3.05, 3.63) is 69.0 Å². The van der Waals surface area contributed by atoms with E-state index in [1.54, 1.807) is 11.3 Å². The first kappa shape index (κ1) is 24.1. The summed E-state index contributed by atoms with van der Waals surface area (Å²) in [6, 6.07) is 12.2. The van der Waals surface area contributed by atoms with Crippen molar-refractivity contribution in [2.24, 2.45) is 4.99 Å². The first-order valence-electron chi connectivity index (χ1n) is 11.7. The summed E-state index contributed by atoms with van der Waals surface area (Å²) < 4.78 is 5.34. The van der Waals surface area contributed by atoms with Gasteiger partial charge in [0.25, 0.3) is 5.91 Å². The summed E-state index contributed by atoms with van der Waals surface area (Å²) in [5, 5.41) is 3.17. The third kappa shape index (κ3) is 5.72. The molecule has 2 aromatic carbocycles. The average molecular weight is 477 g/mol. The standard InChI is InChI=1S/C27H32N4O2S/c1-5-30(4)18-28-24-15-19(2)23(14-20(24)3)16-26-29-25(17-34-26)21-6-8-22(9-7-21)27(32)31-10-12-33-13-11-31/h6-9,14-15,17-18H,5,10-13,16H2,1-4H3/b28-18+. The van der Waals surface area contributed by atoms with Crippen LogP contribution in [0.5, 0.6) is 0 Å². The second-order valence-electron chi connectivity index (χ2n) is 8.67. The van der Waals surface area contributed by atoms with Gasteiger partial charge in [0.15, 0.2) is 0 Å². The number of hydrogen-bond donors (Lipinski definition) is 0. The highest BCUT2D eigenvalue weighted by atomic mass is 32.1. The zero-order chi connectivity index (χ0) is 24.1. The molecule has 0 aliphatic carbocycles. The van der Waals surface area contributed by atoms with E-state index in [0.29, 0.717) is 31.9 Å². The lowest BCUT2D eigenvalue weighted by Gasteiger charge is -2.26. The van der Waals surface area contributed by atoms with Crippen molar-refractivity contribution in [1.29, 1.82) is 0 Å². The third-order valence-electron chi connectivity index (χ3n) is 6.17. The van der Waals surface area contributed by atoms with Crippen molar-refractivity contribution in [2.75, 3.05) is 39.9 Å². The van der Waals surface area contributed by atoms with Crippen molar-refractivity contribution in [3.63, 3.8) is 0 Å². The summed E-state index contributed by atoms with van der Waals surface area (Å²) in [6.45, 7) is 9.79. The Balaban J connectivity index is 1.45. The van der Waals surface area contributed by atoms with E-state index < -0.39 is 0 Å². The second-order valence-corrected chi connectivity index (χ2v) is 9.61. The molecule has 0 unspecified atom stereocenters. The van der Waals surface area contributed by atoms with Gasteiger partial charge in [-0.3, -0.25) is 4.79 Å². The van der Waals surface area contributed by atoms with Crippen LogP contribution in [-0.4, -0.2) is 66.9 Å². The molecule has 1 amide bonds. The number of hydrogen-bond acceptors (Lipinski definition) is 5. The number of carbonyl (C=O) groups is 1. The molecule has 0 N–H and O–H groups in total. The number of aromatic nitrogens is 1. The summed E-state index contributed by atoms with van der Waals surface area (Å²) in [4.78, 5) is 26.1. The number of thiazole rings is 1. The van der Waals surface area contributed by atoms with Crippen LogP contribution >= 0.6 is 11.3 Å². The molecular formula is C27H32N4O2S. The highest BCUT2D eigenvalue weighted by Crippen LogP contribution is 2.28. The van der Waals surface area contributed by atoms with Crippen LogP contribution in [0.1, 0.15) is 39.0 Å². The Bertz CT molecular complexity index is 1160. The molecule has 1 aliphatic rings. The molecule has 1 aromatic heterocycles. The van der Waals surface area contributed by atoms with Crippen molar-refractivity contribution in [2.45, 2.75) is 27.2 Å². The Hall–Kier alpha value is -3.03. The molecule has 1 aliphatic heterocycles. The topological polar surface area (TPSA) is 58.0 Å². The molecule has 6 nitrogen and oxygen atoms in total. The summed E-state index contributed by atoms with van der Waals surface area (Å²) in [5.74, 6) is 0.0637. The monoisotopic (exact) mass is 476 g/mol. The van der Waals surface area contributed by atoms with Crippen LogP contribution in [0, 0.1) is 13.8 Å². The maximum atomic E-state index is 12.7. The van der Waals surface area contributed by atoms with Gasteiger partial charge in [0, 0.05) is 49.6 Å². The predicted molar refractivity (Wildman–Crippen MR) is 139 cm³/mol. The summed E-state index contributed by atoms with van der Waals surface area (Å²) in [6.07, 6.45) is 2.68. The molecule has 7 heteroatoms. The van der Waals surface area contributed by atoms with E-state index in [2.05, 4.69) is 48.2 Å². The number of nitrogens with zero attached hydrogens (tertiary/aromatic N) is 4.